The number of ether oxygens (including phenoxy) is 4. The van der Waals surface area contributed by atoms with Gasteiger partial charge < -0.3 is 28.3 Å². The molecule has 2 aliphatic heterocycles. The van der Waals surface area contributed by atoms with Gasteiger partial charge in [0.15, 0.2) is 28.4 Å². The third-order valence-electron chi connectivity index (χ3n) is 7.17. The first-order valence-electron chi connectivity index (χ1n) is 13.1. The van der Waals surface area contributed by atoms with Crippen LogP contribution in [0.25, 0.3) is 11.0 Å². The van der Waals surface area contributed by atoms with Gasteiger partial charge in [-0.3, -0.25) is 9.59 Å². The number of carbonyl (C=O) groups is 1. The Labute approximate surface area is 225 Å². The molecule has 1 amide bonds. The van der Waals surface area contributed by atoms with E-state index in [1.807, 2.05) is 36.4 Å². The van der Waals surface area contributed by atoms with Gasteiger partial charge >= 0.3 is 0 Å². The maximum Gasteiger partial charge on any atom is 0.291 e. The van der Waals surface area contributed by atoms with Gasteiger partial charge in [0, 0.05) is 6.54 Å². The second kappa shape index (κ2) is 10.4. The number of carbonyl (C=O) groups excluding carboxylic acids is 1. The molecule has 0 bridgehead atoms. The molecule has 2 aliphatic rings. The maximum absolute atomic E-state index is 13.8. The number of methoxy groups -OCH3 is 1. The first-order valence-corrected chi connectivity index (χ1v) is 13.1. The quantitative estimate of drug-likeness (QED) is 0.253. The fourth-order valence-corrected chi connectivity index (χ4v) is 5.22. The Morgan fingerprint density at radius 1 is 0.949 bits per heavy atom. The molecule has 0 fully saturated rings. The van der Waals surface area contributed by atoms with Crippen LogP contribution in [0.1, 0.15) is 59.5 Å². The van der Waals surface area contributed by atoms with Crippen LogP contribution in [-0.4, -0.2) is 31.3 Å². The lowest BCUT2D eigenvalue weighted by Gasteiger charge is -2.26. The molecule has 3 aromatic carbocycles. The molecule has 0 radical (unpaired) electrons. The predicted octanol–water partition coefficient (Wildman–Crippen LogP) is 5.84. The maximum atomic E-state index is 13.8. The van der Waals surface area contributed by atoms with Crippen LogP contribution in [0.2, 0.25) is 0 Å². The minimum Gasteiger partial charge on any atom is -0.493 e. The van der Waals surface area contributed by atoms with Crippen LogP contribution < -0.4 is 24.4 Å². The van der Waals surface area contributed by atoms with Gasteiger partial charge in [-0.2, -0.15) is 0 Å². The van der Waals surface area contributed by atoms with Crippen LogP contribution in [0.5, 0.6) is 23.0 Å². The zero-order valence-electron chi connectivity index (χ0n) is 21.9. The van der Waals surface area contributed by atoms with Gasteiger partial charge in [-0.1, -0.05) is 44.0 Å². The molecule has 0 aliphatic carbocycles. The summed E-state index contributed by atoms with van der Waals surface area (Å²) < 4.78 is 28.7. The number of nitrogens with zero attached hydrogens (tertiary/aromatic N) is 1. The monoisotopic (exact) mass is 527 g/mol. The second-order valence-corrected chi connectivity index (χ2v) is 9.66. The van der Waals surface area contributed by atoms with Crippen molar-refractivity contribution in [3.05, 3.63) is 93.3 Å². The van der Waals surface area contributed by atoms with E-state index in [2.05, 4.69) is 6.92 Å². The SMILES string of the molecule is CCCCCOc1ccc([C@H]2c3c(oc4ccccc4c3=O)C(=O)N2Cc2ccc3c(c2)OCO3)cc1OC. The average Bonchev–Trinajstić information content (AvgIpc) is 3.54. The predicted molar refractivity (Wildman–Crippen MR) is 145 cm³/mol. The number of hydrogen-bond donors (Lipinski definition) is 0. The molecular formula is C31H29NO7. The molecule has 4 aromatic rings. The Morgan fingerprint density at radius 2 is 1.79 bits per heavy atom. The zero-order valence-corrected chi connectivity index (χ0v) is 21.9. The Balaban J connectivity index is 1.44. The van der Waals surface area contributed by atoms with E-state index in [1.165, 1.54) is 0 Å². The summed E-state index contributed by atoms with van der Waals surface area (Å²) in [4.78, 5) is 29.3. The van der Waals surface area contributed by atoms with Gasteiger partial charge in [-0.25, -0.2) is 0 Å². The first-order chi connectivity index (χ1) is 19.1. The molecule has 39 heavy (non-hydrogen) atoms. The van der Waals surface area contributed by atoms with Crippen LogP contribution in [0.4, 0.5) is 0 Å². The summed E-state index contributed by atoms with van der Waals surface area (Å²) >= 11 is 0. The number of rotatable bonds is 9. The van der Waals surface area contributed by atoms with Crippen molar-refractivity contribution in [2.75, 3.05) is 20.5 Å². The molecule has 1 atom stereocenters. The van der Waals surface area contributed by atoms with Crippen molar-refractivity contribution in [2.24, 2.45) is 0 Å². The van der Waals surface area contributed by atoms with Crippen molar-refractivity contribution in [3.8, 4) is 23.0 Å². The van der Waals surface area contributed by atoms with Gasteiger partial charge in [-0.05, 0) is 53.9 Å². The topological polar surface area (TPSA) is 87.4 Å². The van der Waals surface area contributed by atoms with E-state index >= 15 is 0 Å². The van der Waals surface area contributed by atoms with E-state index in [0.29, 0.717) is 46.1 Å². The van der Waals surface area contributed by atoms with Crippen LogP contribution in [0, 0.1) is 0 Å². The van der Waals surface area contributed by atoms with Crippen LogP contribution in [0.3, 0.4) is 0 Å². The number of hydrogen-bond acceptors (Lipinski definition) is 7. The van der Waals surface area contributed by atoms with Crippen LogP contribution in [-0.2, 0) is 6.54 Å². The lowest BCUT2D eigenvalue weighted by Crippen LogP contribution is -2.29. The normalized spacial score (nSPS) is 15.6. The molecule has 1 aromatic heterocycles. The van der Waals surface area contributed by atoms with Crippen molar-refractivity contribution in [3.63, 3.8) is 0 Å². The number of amides is 1. The molecule has 6 rings (SSSR count). The molecule has 8 heteroatoms. The van der Waals surface area contributed by atoms with Gasteiger partial charge in [0.25, 0.3) is 5.91 Å². The Morgan fingerprint density at radius 3 is 2.64 bits per heavy atom. The molecule has 0 saturated heterocycles. The minimum atomic E-state index is -0.679. The number of unbranched alkanes of at least 4 members (excludes halogenated alkanes) is 2. The van der Waals surface area contributed by atoms with Crippen molar-refractivity contribution in [1.29, 1.82) is 0 Å². The van der Waals surface area contributed by atoms with Crippen LogP contribution in [0.15, 0.2) is 69.9 Å². The minimum absolute atomic E-state index is 0.0586. The second-order valence-electron chi connectivity index (χ2n) is 9.66. The van der Waals surface area contributed by atoms with Crippen molar-refractivity contribution >= 4 is 16.9 Å². The highest BCUT2D eigenvalue weighted by Gasteiger charge is 2.43. The number of fused-ring (bicyclic) bond motifs is 3. The summed E-state index contributed by atoms with van der Waals surface area (Å²) in [6.45, 7) is 3.12. The highest BCUT2D eigenvalue weighted by atomic mass is 16.7. The van der Waals surface area contributed by atoms with E-state index in [1.54, 1.807) is 36.3 Å². The van der Waals surface area contributed by atoms with Gasteiger partial charge in [-0.15, -0.1) is 0 Å². The lowest BCUT2D eigenvalue weighted by atomic mass is 9.97. The van der Waals surface area contributed by atoms with E-state index in [0.717, 1.165) is 30.4 Å². The van der Waals surface area contributed by atoms with Gasteiger partial charge in [0.05, 0.1) is 30.7 Å². The van der Waals surface area contributed by atoms with Gasteiger partial charge in [0.2, 0.25) is 12.6 Å². The summed E-state index contributed by atoms with van der Waals surface area (Å²) in [6, 6.07) is 17.4. The van der Waals surface area contributed by atoms with E-state index in [-0.39, 0.29) is 30.4 Å². The van der Waals surface area contributed by atoms with E-state index in [9.17, 15) is 9.59 Å². The Hall–Kier alpha value is -4.46. The van der Waals surface area contributed by atoms with E-state index < -0.39 is 6.04 Å². The standard InChI is InChI=1S/C31H29NO7/c1-3-4-7-14-36-23-13-11-20(16-25(23)35-2)28-27-29(33)21-8-5-6-9-22(21)39-30(27)31(34)32(28)17-19-10-12-24-26(15-19)38-18-37-24/h5-6,8-13,15-16,28H,3-4,7,14,17-18H2,1-2H3/t28-/m0/s1. The third kappa shape index (κ3) is 4.46. The van der Waals surface area contributed by atoms with Crippen molar-refractivity contribution in [1.82, 2.24) is 4.90 Å². The number of benzene rings is 3. The Kier molecular flexibility index (Phi) is 6.60. The molecule has 0 saturated carbocycles. The molecule has 0 N–H and O–H groups in total. The smallest absolute Gasteiger partial charge is 0.291 e. The molecule has 0 spiro atoms. The lowest BCUT2D eigenvalue weighted by molar-refractivity contribution is 0.0714. The summed E-state index contributed by atoms with van der Waals surface area (Å²) in [7, 11) is 1.58. The summed E-state index contributed by atoms with van der Waals surface area (Å²) in [6.07, 6.45) is 3.13. The highest BCUT2D eigenvalue weighted by Crippen LogP contribution is 2.42. The highest BCUT2D eigenvalue weighted by molar-refractivity contribution is 5.99. The molecule has 3 heterocycles. The summed E-state index contributed by atoms with van der Waals surface area (Å²) in [5, 5.41) is 0.432. The molecule has 200 valence electrons. The largest absolute Gasteiger partial charge is 0.493 e. The molecular weight excluding hydrogens is 498 g/mol. The van der Waals surface area contributed by atoms with Crippen molar-refractivity contribution in [2.45, 2.75) is 38.8 Å². The van der Waals surface area contributed by atoms with Crippen LogP contribution >= 0.6 is 0 Å². The molecule has 0 unspecified atom stereocenters. The third-order valence-corrected chi connectivity index (χ3v) is 7.17. The van der Waals surface area contributed by atoms with Gasteiger partial charge in [0.1, 0.15) is 5.58 Å². The molecule has 8 nitrogen and oxygen atoms in total. The average molecular weight is 528 g/mol. The summed E-state index contributed by atoms with van der Waals surface area (Å²) in [5.74, 6) is 2.15. The fraction of sp³-hybridized carbons (Fsp3) is 0.290. The fourth-order valence-electron chi connectivity index (χ4n) is 5.22. The Bertz CT molecular complexity index is 1610. The van der Waals surface area contributed by atoms with E-state index in [4.69, 9.17) is 23.4 Å². The zero-order chi connectivity index (χ0) is 26.9. The first kappa shape index (κ1) is 24.9. The summed E-state index contributed by atoms with van der Waals surface area (Å²) in [5.41, 5.74) is 2.04. The van der Waals surface area contributed by atoms with Crippen molar-refractivity contribution < 1.29 is 28.2 Å². The number of para-hydroxylation sites is 1.